The molecule has 26 heavy (non-hydrogen) atoms. The minimum atomic E-state index is -0.773. The molecule has 0 atom stereocenters. The van der Waals surface area contributed by atoms with Gasteiger partial charge in [0.1, 0.15) is 17.3 Å². The zero-order chi connectivity index (χ0) is 18.3. The van der Waals surface area contributed by atoms with Gasteiger partial charge in [-0.05, 0) is 30.3 Å². The number of H-pyrrole nitrogens is 2. The van der Waals surface area contributed by atoms with Crippen LogP contribution in [0.2, 0.25) is 0 Å². The van der Waals surface area contributed by atoms with Crippen LogP contribution in [0.15, 0.2) is 48.8 Å². The molecule has 0 aliphatic carbocycles. The van der Waals surface area contributed by atoms with Crippen molar-refractivity contribution in [3.05, 3.63) is 66.0 Å². The van der Waals surface area contributed by atoms with E-state index in [2.05, 4.69) is 15.0 Å². The highest BCUT2D eigenvalue weighted by Gasteiger charge is 2.21. The van der Waals surface area contributed by atoms with E-state index in [0.717, 1.165) is 23.1 Å². The molecule has 0 bridgehead atoms. The molecule has 3 aromatic heterocycles. The van der Waals surface area contributed by atoms with Crippen molar-refractivity contribution in [3.63, 3.8) is 0 Å². The molecular formula is C19H13F2N3O2. The van der Waals surface area contributed by atoms with Crippen molar-refractivity contribution in [1.82, 2.24) is 15.0 Å². The molecule has 0 saturated heterocycles. The van der Waals surface area contributed by atoms with E-state index in [0.29, 0.717) is 11.3 Å². The number of esters is 1. The smallest absolute Gasteiger partial charge is 0.340 e. The van der Waals surface area contributed by atoms with E-state index in [1.54, 1.807) is 24.5 Å². The lowest BCUT2D eigenvalue weighted by atomic mass is 10.1. The number of pyridine rings is 1. The van der Waals surface area contributed by atoms with Crippen LogP contribution in [0.5, 0.6) is 0 Å². The van der Waals surface area contributed by atoms with Crippen molar-refractivity contribution in [2.45, 2.75) is 0 Å². The van der Waals surface area contributed by atoms with E-state index in [1.807, 2.05) is 6.07 Å². The van der Waals surface area contributed by atoms with Crippen molar-refractivity contribution >= 4 is 17.0 Å². The lowest BCUT2D eigenvalue weighted by Crippen LogP contribution is -2.02. The van der Waals surface area contributed by atoms with Gasteiger partial charge in [0.25, 0.3) is 0 Å². The molecular weight excluding hydrogens is 340 g/mol. The highest BCUT2D eigenvalue weighted by molar-refractivity contribution is 6.00. The van der Waals surface area contributed by atoms with Gasteiger partial charge in [-0.2, -0.15) is 0 Å². The molecule has 0 radical (unpaired) electrons. The van der Waals surface area contributed by atoms with Gasteiger partial charge in [-0.3, -0.25) is 0 Å². The van der Waals surface area contributed by atoms with Gasteiger partial charge >= 0.3 is 5.97 Å². The van der Waals surface area contributed by atoms with Gasteiger partial charge in [0.15, 0.2) is 0 Å². The Bertz CT molecular complexity index is 1130. The predicted molar refractivity (Wildman–Crippen MR) is 92.6 cm³/mol. The zero-order valence-electron chi connectivity index (χ0n) is 13.6. The van der Waals surface area contributed by atoms with E-state index in [9.17, 15) is 13.6 Å². The molecule has 3 heterocycles. The molecule has 0 spiro atoms. The second-order valence-electron chi connectivity index (χ2n) is 5.69. The number of ether oxygens (including phenoxy) is 1. The van der Waals surface area contributed by atoms with Crippen molar-refractivity contribution in [3.8, 4) is 22.5 Å². The maximum Gasteiger partial charge on any atom is 0.340 e. The van der Waals surface area contributed by atoms with E-state index in [-0.39, 0.29) is 16.8 Å². The lowest BCUT2D eigenvalue weighted by Gasteiger charge is -2.05. The molecule has 2 N–H and O–H groups in total. The summed E-state index contributed by atoms with van der Waals surface area (Å²) >= 11 is 0. The number of fused-ring (bicyclic) bond motifs is 1. The van der Waals surface area contributed by atoms with E-state index in [1.165, 1.54) is 13.2 Å². The van der Waals surface area contributed by atoms with Crippen LogP contribution in [0.25, 0.3) is 33.5 Å². The number of hydrogen-bond acceptors (Lipinski definition) is 3. The largest absolute Gasteiger partial charge is 0.465 e. The standard InChI is InChI=1S/C19H13F2N3O2/c1-26-19(25)14-9-16(11-4-6-22-18-12(11)5-7-23-18)24-17(14)13-3-2-10(20)8-15(13)21/h2-9,24H,1H3,(H,22,23). The number of nitrogens with zero attached hydrogens (tertiary/aromatic N) is 1. The fourth-order valence-corrected chi connectivity index (χ4v) is 2.97. The first kappa shape index (κ1) is 16.0. The number of benzene rings is 1. The topological polar surface area (TPSA) is 70.8 Å². The number of aromatic amines is 2. The number of aromatic nitrogens is 3. The molecule has 1 aromatic carbocycles. The summed E-state index contributed by atoms with van der Waals surface area (Å²) in [6, 6.07) is 8.42. The Hall–Kier alpha value is -3.48. The third-order valence-corrected chi connectivity index (χ3v) is 4.17. The van der Waals surface area contributed by atoms with Crippen LogP contribution in [0.3, 0.4) is 0 Å². The normalized spacial score (nSPS) is 11.0. The number of methoxy groups -OCH3 is 1. The summed E-state index contributed by atoms with van der Waals surface area (Å²) in [4.78, 5) is 22.5. The summed E-state index contributed by atoms with van der Waals surface area (Å²) in [6.07, 6.45) is 3.39. The number of hydrogen-bond donors (Lipinski definition) is 2. The summed E-state index contributed by atoms with van der Waals surface area (Å²) in [6.45, 7) is 0. The molecule has 7 heteroatoms. The van der Waals surface area contributed by atoms with Gasteiger partial charge in [-0.15, -0.1) is 0 Å². The maximum absolute atomic E-state index is 14.3. The number of nitrogens with one attached hydrogen (secondary N) is 2. The Balaban J connectivity index is 1.95. The Morgan fingerprint density at radius 2 is 1.96 bits per heavy atom. The summed E-state index contributed by atoms with van der Waals surface area (Å²) < 4.78 is 32.3. The van der Waals surface area contributed by atoms with Gasteiger partial charge in [0.2, 0.25) is 0 Å². The molecule has 0 aliphatic rings. The zero-order valence-corrected chi connectivity index (χ0v) is 13.6. The average molecular weight is 353 g/mol. The molecule has 0 unspecified atom stereocenters. The van der Waals surface area contributed by atoms with Crippen LogP contribution < -0.4 is 0 Å². The van der Waals surface area contributed by atoms with Crippen LogP contribution in [-0.4, -0.2) is 28.0 Å². The average Bonchev–Trinajstić information content (AvgIpc) is 3.27. The fraction of sp³-hybridized carbons (Fsp3) is 0.0526. The summed E-state index contributed by atoms with van der Waals surface area (Å²) in [7, 11) is 1.25. The van der Waals surface area contributed by atoms with Gasteiger partial charge < -0.3 is 14.7 Å². The lowest BCUT2D eigenvalue weighted by molar-refractivity contribution is 0.0602. The maximum atomic E-state index is 14.3. The molecule has 0 saturated carbocycles. The van der Waals surface area contributed by atoms with Gasteiger partial charge in [-0.1, -0.05) is 0 Å². The third kappa shape index (κ3) is 2.54. The van der Waals surface area contributed by atoms with Gasteiger partial charge in [0, 0.05) is 40.7 Å². The number of halogens is 2. The van der Waals surface area contributed by atoms with Crippen LogP contribution >= 0.6 is 0 Å². The first-order chi connectivity index (χ1) is 12.6. The third-order valence-electron chi connectivity index (χ3n) is 4.17. The quantitative estimate of drug-likeness (QED) is 0.540. The monoisotopic (exact) mass is 353 g/mol. The fourth-order valence-electron chi connectivity index (χ4n) is 2.97. The van der Waals surface area contributed by atoms with Crippen LogP contribution in [-0.2, 0) is 4.74 Å². The molecule has 0 aliphatic heterocycles. The Morgan fingerprint density at radius 3 is 2.73 bits per heavy atom. The Labute approximate surface area is 146 Å². The second kappa shape index (κ2) is 6.11. The number of carbonyl (C=O) groups excluding carboxylic acids is 1. The van der Waals surface area contributed by atoms with Crippen LogP contribution in [0.1, 0.15) is 10.4 Å². The second-order valence-corrected chi connectivity index (χ2v) is 5.69. The molecule has 0 fully saturated rings. The summed E-state index contributed by atoms with van der Waals surface area (Å²) in [5.74, 6) is -2.09. The number of carbonyl (C=O) groups is 1. The molecule has 0 amide bonds. The first-order valence-corrected chi connectivity index (χ1v) is 7.77. The minimum absolute atomic E-state index is 0.0809. The SMILES string of the molecule is COC(=O)c1cc(-c2ccnc3[nH]ccc23)[nH]c1-c1ccc(F)cc1F. The van der Waals surface area contributed by atoms with Crippen molar-refractivity contribution in [2.75, 3.05) is 7.11 Å². The van der Waals surface area contributed by atoms with E-state index >= 15 is 0 Å². The Morgan fingerprint density at radius 1 is 1.12 bits per heavy atom. The predicted octanol–water partition coefficient (Wildman–Crippen LogP) is 4.29. The highest BCUT2D eigenvalue weighted by Crippen LogP contribution is 2.33. The van der Waals surface area contributed by atoms with E-state index in [4.69, 9.17) is 4.74 Å². The van der Waals surface area contributed by atoms with Gasteiger partial charge in [-0.25, -0.2) is 18.6 Å². The highest BCUT2D eigenvalue weighted by atomic mass is 19.1. The molecule has 4 aromatic rings. The molecule has 5 nitrogen and oxygen atoms in total. The van der Waals surface area contributed by atoms with Gasteiger partial charge in [0.05, 0.1) is 18.4 Å². The number of rotatable bonds is 3. The van der Waals surface area contributed by atoms with E-state index < -0.39 is 17.6 Å². The van der Waals surface area contributed by atoms with Crippen molar-refractivity contribution in [1.29, 1.82) is 0 Å². The summed E-state index contributed by atoms with van der Waals surface area (Å²) in [5.41, 5.74) is 2.54. The van der Waals surface area contributed by atoms with Crippen molar-refractivity contribution in [2.24, 2.45) is 0 Å². The minimum Gasteiger partial charge on any atom is -0.465 e. The summed E-state index contributed by atoms with van der Waals surface area (Å²) in [5, 5.41) is 0.844. The molecule has 4 rings (SSSR count). The van der Waals surface area contributed by atoms with Crippen molar-refractivity contribution < 1.29 is 18.3 Å². The first-order valence-electron chi connectivity index (χ1n) is 7.77. The molecule has 130 valence electrons. The Kier molecular flexibility index (Phi) is 3.76. The van der Waals surface area contributed by atoms with Crippen LogP contribution in [0.4, 0.5) is 8.78 Å². The van der Waals surface area contributed by atoms with Crippen LogP contribution in [0, 0.1) is 11.6 Å².